The average molecular weight is 499 g/mol. The lowest BCUT2D eigenvalue weighted by molar-refractivity contribution is -0.133. The maximum Gasteiger partial charge on any atom is 0.315 e. The van der Waals surface area contributed by atoms with Gasteiger partial charge in [0.2, 0.25) is 12.2 Å². The minimum Gasteiger partial charge on any atom is -0.392 e. The van der Waals surface area contributed by atoms with Crippen LogP contribution in [0.2, 0.25) is 0 Å². The third kappa shape index (κ3) is 6.47. The van der Waals surface area contributed by atoms with Gasteiger partial charge < -0.3 is 30.5 Å². The van der Waals surface area contributed by atoms with Crippen molar-refractivity contribution in [2.75, 3.05) is 29.9 Å². The predicted molar refractivity (Wildman–Crippen MR) is 118 cm³/mol. The second kappa shape index (κ2) is 11.5. The number of amides is 1. The fourth-order valence-electron chi connectivity index (χ4n) is 3.70. The second-order valence-corrected chi connectivity index (χ2v) is 8.04. The van der Waals surface area contributed by atoms with Crippen LogP contribution in [0.1, 0.15) is 6.92 Å². The van der Waals surface area contributed by atoms with Crippen molar-refractivity contribution in [2.45, 2.75) is 25.9 Å². The van der Waals surface area contributed by atoms with Gasteiger partial charge in [0, 0.05) is 18.2 Å². The van der Waals surface area contributed by atoms with E-state index < -0.39 is 48.0 Å². The summed E-state index contributed by atoms with van der Waals surface area (Å²) >= 11 is 0. The fraction of sp³-hybridized carbons (Fsp3) is 0.391. The summed E-state index contributed by atoms with van der Waals surface area (Å²) in [7, 11) is 0. The van der Waals surface area contributed by atoms with Crippen LogP contribution in [0.3, 0.4) is 0 Å². The minimum atomic E-state index is -3.21. The van der Waals surface area contributed by atoms with Crippen molar-refractivity contribution in [3.8, 4) is 0 Å². The number of halogens is 4. The first kappa shape index (κ1) is 26.4. The molecular formula is C23H25F4N3O5. The molecule has 0 bridgehead atoms. The van der Waals surface area contributed by atoms with Gasteiger partial charge in [-0.3, -0.25) is 9.59 Å². The van der Waals surface area contributed by atoms with Gasteiger partial charge in [-0.1, -0.05) is 31.2 Å². The van der Waals surface area contributed by atoms with Crippen molar-refractivity contribution in [2.24, 2.45) is 11.8 Å². The van der Waals surface area contributed by atoms with Crippen LogP contribution < -0.4 is 15.5 Å². The monoisotopic (exact) mass is 499 g/mol. The van der Waals surface area contributed by atoms with Gasteiger partial charge in [0.15, 0.2) is 11.6 Å². The zero-order valence-corrected chi connectivity index (χ0v) is 18.6. The van der Waals surface area contributed by atoms with Crippen LogP contribution in [0.15, 0.2) is 48.2 Å². The van der Waals surface area contributed by atoms with E-state index in [1.54, 1.807) is 12.2 Å². The molecule has 0 radical (unpaired) electrons. The van der Waals surface area contributed by atoms with E-state index in [2.05, 4.69) is 5.32 Å². The zero-order chi connectivity index (χ0) is 25.7. The molecule has 1 saturated heterocycles. The van der Waals surface area contributed by atoms with Crippen molar-refractivity contribution >= 4 is 23.1 Å². The fourth-order valence-corrected chi connectivity index (χ4v) is 3.70. The number of ketones is 1. The molecule has 1 heterocycles. The highest BCUT2D eigenvalue weighted by molar-refractivity contribution is 6.06. The minimum absolute atomic E-state index is 0.0291. The van der Waals surface area contributed by atoms with Gasteiger partial charge in [-0.25, -0.2) is 8.78 Å². The van der Waals surface area contributed by atoms with Gasteiger partial charge in [0.25, 0.3) is 5.91 Å². The van der Waals surface area contributed by atoms with Gasteiger partial charge >= 0.3 is 6.43 Å². The number of aliphatic hydroxyl groups is 2. The van der Waals surface area contributed by atoms with Gasteiger partial charge in [-0.05, 0) is 24.1 Å². The van der Waals surface area contributed by atoms with Crippen LogP contribution >= 0.6 is 0 Å². The quantitative estimate of drug-likeness (QED) is 0.320. The summed E-state index contributed by atoms with van der Waals surface area (Å²) in [5, 5.41) is 23.5. The number of ether oxygens (including phenoxy) is 1. The number of nitrogens with one attached hydrogen (secondary N) is 2. The largest absolute Gasteiger partial charge is 0.392 e. The number of carbonyl (C=O) groups is 2. The van der Waals surface area contributed by atoms with E-state index in [-0.39, 0.29) is 42.9 Å². The molecule has 0 aromatic heterocycles. The van der Waals surface area contributed by atoms with Gasteiger partial charge in [-0.2, -0.15) is 8.78 Å². The Morgan fingerprint density at radius 2 is 2.00 bits per heavy atom. The number of benzene rings is 1. The maximum absolute atomic E-state index is 14.9. The molecule has 1 aliphatic carbocycles. The normalized spacial score (nSPS) is 24.7. The molecule has 1 fully saturated rings. The van der Waals surface area contributed by atoms with E-state index in [0.29, 0.717) is 0 Å². The van der Waals surface area contributed by atoms with Gasteiger partial charge in [0.05, 0.1) is 25.0 Å². The topological polar surface area (TPSA) is 111 Å². The highest BCUT2D eigenvalue weighted by Gasteiger charge is 2.33. The lowest BCUT2D eigenvalue weighted by Gasteiger charge is -2.22. The van der Waals surface area contributed by atoms with Crippen LogP contribution in [-0.4, -0.2) is 60.5 Å². The molecular weight excluding hydrogens is 474 g/mol. The Bertz CT molecular complexity index is 1020. The predicted octanol–water partition coefficient (Wildman–Crippen LogP) is 2.06. The van der Waals surface area contributed by atoms with Crippen molar-refractivity contribution in [3.05, 3.63) is 59.8 Å². The Morgan fingerprint density at radius 3 is 2.63 bits per heavy atom. The number of aliphatic hydroxyl groups excluding tert-OH is 2. The van der Waals surface area contributed by atoms with Crippen molar-refractivity contribution in [3.63, 3.8) is 0 Å². The summed E-state index contributed by atoms with van der Waals surface area (Å²) in [5.41, 5.74) is -0.698. The molecule has 12 heteroatoms. The lowest BCUT2D eigenvalue weighted by Crippen LogP contribution is -2.37. The van der Waals surface area contributed by atoms with Gasteiger partial charge in [-0.15, -0.1) is 0 Å². The van der Waals surface area contributed by atoms with E-state index in [4.69, 9.17) is 9.84 Å². The number of carbonyl (C=O) groups excluding carboxylic acids is 2. The number of hydrogen-bond donors (Lipinski definition) is 4. The molecule has 1 aromatic carbocycles. The first-order valence-corrected chi connectivity index (χ1v) is 10.7. The summed E-state index contributed by atoms with van der Waals surface area (Å²) in [4.78, 5) is 24.5. The molecule has 190 valence electrons. The van der Waals surface area contributed by atoms with Crippen LogP contribution in [-0.2, 0) is 14.3 Å². The Hall–Kier alpha value is -3.22. The SMILES string of the molecule is CC1C=C(Nc2c(F)cc(N3C[C@H](CNC(=O)C(F)F)OC3O)cc2F)C(=O)C=CC1/C=C/CO. The highest BCUT2D eigenvalue weighted by Crippen LogP contribution is 2.31. The molecule has 0 spiro atoms. The second-order valence-electron chi connectivity index (χ2n) is 8.04. The molecule has 35 heavy (non-hydrogen) atoms. The Kier molecular flexibility index (Phi) is 8.65. The Labute approximate surface area is 198 Å². The third-order valence-electron chi connectivity index (χ3n) is 5.54. The van der Waals surface area contributed by atoms with Crippen LogP contribution in [0, 0.1) is 23.5 Å². The molecule has 3 unspecified atom stereocenters. The van der Waals surface area contributed by atoms with E-state index in [1.807, 2.05) is 12.2 Å². The van der Waals surface area contributed by atoms with Crippen LogP contribution in [0.25, 0.3) is 0 Å². The molecule has 8 nitrogen and oxygen atoms in total. The molecule has 4 N–H and O–H groups in total. The van der Waals surface area contributed by atoms with E-state index >= 15 is 0 Å². The standard InChI is InChI=1S/C23H25F4N3O5/c1-12-7-18(19(32)5-4-13(12)3-2-6-31)29-20-16(24)8-14(9-17(20)25)30-11-15(35-23(30)34)10-28-22(33)21(26)27/h2-5,7-9,12-13,15,21,23,29,31,34H,6,10-11H2,1H3,(H,28,33)/b3-2+/t12?,13?,15-,23?/m0/s1. The van der Waals surface area contributed by atoms with E-state index in [1.165, 1.54) is 18.2 Å². The maximum atomic E-state index is 14.9. The molecule has 3 rings (SSSR count). The number of hydrogen-bond acceptors (Lipinski definition) is 7. The lowest BCUT2D eigenvalue weighted by atomic mass is 9.93. The summed E-state index contributed by atoms with van der Waals surface area (Å²) in [6.07, 6.45) is 1.98. The summed E-state index contributed by atoms with van der Waals surface area (Å²) in [6.45, 7) is 1.18. The van der Waals surface area contributed by atoms with Crippen molar-refractivity contribution in [1.29, 1.82) is 0 Å². The highest BCUT2D eigenvalue weighted by atomic mass is 19.3. The molecule has 4 atom stereocenters. The van der Waals surface area contributed by atoms with Crippen molar-refractivity contribution < 1.29 is 42.1 Å². The molecule has 1 amide bonds. The summed E-state index contributed by atoms with van der Waals surface area (Å²) in [6, 6.07) is 1.85. The average Bonchev–Trinajstić information content (AvgIpc) is 3.12. The van der Waals surface area contributed by atoms with Crippen molar-refractivity contribution in [1.82, 2.24) is 5.32 Å². The van der Waals surface area contributed by atoms with E-state index in [0.717, 1.165) is 17.0 Å². The zero-order valence-electron chi connectivity index (χ0n) is 18.6. The first-order chi connectivity index (χ1) is 16.6. The third-order valence-corrected chi connectivity index (χ3v) is 5.54. The van der Waals surface area contributed by atoms with Crippen LogP contribution in [0.5, 0.6) is 0 Å². The number of allylic oxidation sites excluding steroid dienone is 4. The molecule has 2 aliphatic rings. The number of nitrogens with zero attached hydrogens (tertiary/aromatic N) is 1. The first-order valence-electron chi connectivity index (χ1n) is 10.7. The summed E-state index contributed by atoms with van der Waals surface area (Å²) < 4.78 is 59.5. The number of alkyl halides is 2. The van der Waals surface area contributed by atoms with Crippen LogP contribution in [0.4, 0.5) is 28.9 Å². The smallest absolute Gasteiger partial charge is 0.315 e. The Balaban J connectivity index is 1.74. The Morgan fingerprint density at radius 1 is 1.31 bits per heavy atom. The molecule has 1 aliphatic heterocycles. The number of anilines is 2. The number of rotatable bonds is 8. The molecule has 1 aromatic rings. The van der Waals surface area contributed by atoms with E-state index in [9.17, 15) is 32.3 Å². The molecule has 0 saturated carbocycles. The summed E-state index contributed by atoms with van der Waals surface area (Å²) in [5.74, 6) is -4.50. The van der Waals surface area contributed by atoms with Gasteiger partial charge in [0.1, 0.15) is 5.69 Å².